The normalized spacial score (nSPS) is 11.9. The number of hydrogen-bond acceptors (Lipinski definition) is 3. The van der Waals surface area contributed by atoms with E-state index in [1.807, 2.05) is 36.4 Å². The van der Waals surface area contributed by atoms with Crippen LogP contribution in [0.4, 0.5) is 5.69 Å². The van der Waals surface area contributed by atoms with E-state index in [2.05, 4.69) is 0 Å². The van der Waals surface area contributed by atoms with E-state index in [0.717, 1.165) is 11.1 Å². The quantitative estimate of drug-likeness (QED) is 0.684. The zero-order valence-electron chi connectivity index (χ0n) is 13.0. The molecule has 0 aliphatic heterocycles. The first-order valence-corrected chi connectivity index (χ1v) is 8.82. The third kappa shape index (κ3) is 3.45. The molecule has 1 unspecified atom stereocenters. The number of benzene rings is 3. The third-order valence-electron chi connectivity index (χ3n) is 3.61. The lowest BCUT2D eigenvalue weighted by molar-refractivity contribution is 0.416. The maximum Gasteiger partial charge on any atom is 0.126 e. The van der Waals surface area contributed by atoms with E-state index in [1.165, 1.54) is 0 Å². The second-order valence-electron chi connectivity index (χ2n) is 5.21. The highest BCUT2D eigenvalue weighted by Crippen LogP contribution is 2.34. The Balaban J connectivity index is 2.06. The summed E-state index contributed by atoms with van der Waals surface area (Å²) in [6.45, 7) is 0. The average Bonchev–Trinajstić information content (AvgIpc) is 2.61. The van der Waals surface area contributed by atoms with E-state index in [1.54, 1.807) is 37.4 Å². The van der Waals surface area contributed by atoms with Gasteiger partial charge in [-0.05, 0) is 60.2 Å². The zero-order valence-corrected chi connectivity index (χ0v) is 14.6. The first kappa shape index (κ1) is 16.6. The first-order chi connectivity index (χ1) is 11.6. The predicted octanol–water partition coefficient (Wildman–Crippen LogP) is 4.76. The largest absolute Gasteiger partial charge is 0.496 e. The number of ether oxygens (including phenoxy) is 1. The average molecular weight is 358 g/mol. The second-order valence-corrected chi connectivity index (χ2v) is 7.13. The van der Waals surface area contributed by atoms with Gasteiger partial charge in [0.15, 0.2) is 0 Å². The van der Waals surface area contributed by atoms with Gasteiger partial charge in [0.05, 0.1) is 17.9 Å². The van der Waals surface area contributed by atoms with Crippen LogP contribution in [-0.2, 0) is 10.8 Å². The molecular weight excluding hydrogens is 342 g/mol. The van der Waals surface area contributed by atoms with Gasteiger partial charge in [-0.25, -0.2) is 4.21 Å². The van der Waals surface area contributed by atoms with E-state index in [0.29, 0.717) is 26.3 Å². The Morgan fingerprint density at radius 2 is 1.67 bits per heavy atom. The van der Waals surface area contributed by atoms with Gasteiger partial charge in [-0.2, -0.15) is 0 Å². The summed E-state index contributed by atoms with van der Waals surface area (Å²) in [5.74, 6) is 0.704. The van der Waals surface area contributed by atoms with Crippen LogP contribution in [0.2, 0.25) is 5.02 Å². The Labute approximate surface area is 148 Å². The van der Waals surface area contributed by atoms with Crippen molar-refractivity contribution in [1.29, 1.82) is 0 Å². The maximum absolute atomic E-state index is 12.8. The fourth-order valence-electron chi connectivity index (χ4n) is 2.41. The van der Waals surface area contributed by atoms with E-state index in [4.69, 9.17) is 22.1 Å². The topological polar surface area (TPSA) is 52.3 Å². The van der Waals surface area contributed by atoms with E-state index in [9.17, 15) is 4.21 Å². The smallest absolute Gasteiger partial charge is 0.126 e. The van der Waals surface area contributed by atoms with Crippen molar-refractivity contribution in [3.05, 3.63) is 71.8 Å². The summed E-state index contributed by atoms with van der Waals surface area (Å²) in [5, 5.41) is 0.639. The minimum absolute atomic E-state index is 0.639. The van der Waals surface area contributed by atoms with Gasteiger partial charge in [0.2, 0.25) is 0 Å². The van der Waals surface area contributed by atoms with Crippen LogP contribution in [0.25, 0.3) is 11.1 Å². The molecule has 0 aliphatic carbocycles. The molecule has 3 rings (SSSR count). The lowest BCUT2D eigenvalue weighted by Gasteiger charge is -2.11. The summed E-state index contributed by atoms with van der Waals surface area (Å²) in [6.07, 6.45) is 0. The van der Waals surface area contributed by atoms with E-state index < -0.39 is 10.8 Å². The molecule has 3 nitrogen and oxygen atoms in total. The molecule has 0 radical (unpaired) electrons. The van der Waals surface area contributed by atoms with Gasteiger partial charge in [-0.15, -0.1) is 0 Å². The van der Waals surface area contributed by atoms with Gasteiger partial charge >= 0.3 is 0 Å². The Bertz CT molecular complexity index is 894. The molecule has 0 spiro atoms. The molecule has 0 saturated heterocycles. The summed E-state index contributed by atoms with van der Waals surface area (Å²) in [4.78, 5) is 1.39. The van der Waals surface area contributed by atoms with Gasteiger partial charge in [-0.3, -0.25) is 0 Å². The van der Waals surface area contributed by atoms with Crippen LogP contribution in [0.1, 0.15) is 0 Å². The highest BCUT2D eigenvalue weighted by atomic mass is 35.5. The van der Waals surface area contributed by atoms with Crippen LogP contribution >= 0.6 is 11.6 Å². The van der Waals surface area contributed by atoms with Gasteiger partial charge in [0.1, 0.15) is 5.75 Å². The minimum atomic E-state index is -1.30. The Hall–Kier alpha value is -2.30. The molecule has 0 fully saturated rings. The molecule has 24 heavy (non-hydrogen) atoms. The molecule has 0 aliphatic rings. The lowest BCUT2D eigenvalue weighted by atomic mass is 10.0. The number of anilines is 1. The van der Waals surface area contributed by atoms with E-state index in [-0.39, 0.29) is 0 Å². The van der Waals surface area contributed by atoms with Crippen molar-refractivity contribution >= 4 is 28.1 Å². The molecule has 2 N–H and O–H groups in total. The Kier molecular flexibility index (Phi) is 4.88. The van der Waals surface area contributed by atoms with Crippen LogP contribution in [0.3, 0.4) is 0 Å². The fraction of sp³-hybridized carbons (Fsp3) is 0.0526. The molecule has 0 saturated carbocycles. The first-order valence-electron chi connectivity index (χ1n) is 7.30. The number of nitrogens with two attached hydrogens (primary N) is 1. The van der Waals surface area contributed by atoms with Gasteiger partial charge < -0.3 is 10.5 Å². The van der Waals surface area contributed by atoms with Crippen molar-refractivity contribution in [2.24, 2.45) is 0 Å². The molecule has 0 heterocycles. The number of rotatable bonds is 4. The second kappa shape index (κ2) is 7.07. The molecule has 0 aromatic heterocycles. The Morgan fingerprint density at radius 3 is 2.33 bits per heavy atom. The monoisotopic (exact) mass is 357 g/mol. The predicted molar refractivity (Wildman–Crippen MR) is 99.0 cm³/mol. The third-order valence-corrected chi connectivity index (χ3v) is 5.23. The Morgan fingerprint density at radius 1 is 0.958 bits per heavy atom. The van der Waals surface area contributed by atoms with Crippen LogP contribution in [0.15, 0.2) is 76.5 Å². The number of nitrogen functional groups attached to an aromatic ring is 1. The van der Waals surface area contributed by atoms with Crippen LogP contribution < -0.4 is 10.5 Å². The molecule has 122 valence electrons. The molecule has 5 heteroatoms. The lowest BCUT2D eigenvalue weighted by Crippen LogP contribution is -1.96. The van der Waals surface area contributed by atoms with Gasteiger partial charge in [0, 0.05) is 26.1 Å². The zero-order chi connectivity index (χ0) is 17.1. The summed E-state index contributed by atoms with van der Waals surface area (Å²) >= 11 is 6.09. The van der Waals surface area contributed by atoms with Crippen molar-refractivity contribution in [2.75, 3.05) is 12.8 Å². The highest BCUT2D eigenvalue weighted by molar-refractivity contribution is 7.85. The summed E-state index contributed by atoms with van der Waals surface area (Å²) in [6, 6.07) is 20.0. The van der Waals surface area contributed by atoms with E-state index >= 15 is 0 Å². The van der Waals surface area contributed by atoms with Gasteiger partial charge in [-0.1, -0.05) is 23.7 Å². The molecule has 0 amide bonds. The van der Waals surface area contributed by atoms with Crippen molar-refractivity contribution < 1.29 is 8.95 Å². The number of halogens is 1. The number of hydrogen-bond donors (Lipinski definition) is 1. The minimum Gasteiger partial charge on any atom is -0.496 e. The van der Waals surface area contributed by atoms with Crippen LogP contribution in [0.5, 0.6) is 5.75 Å². The van der Waals surface area contributed by atoms with Crippen LogP contribution in [-0.4, -0.2) is 11.3 Å². The summed E-state index contributed by atoms with van der Waals surface area (Å²) in [7, 11) is 0.312. The standard InChI is InChI=1S/C19H16ClNO2S/c1-23-19-10-9-17(24(22)16-7-5-15(21)6-8-16)12-18(19)13-3-2-4-14(20)11-13/h2-12H,21H2,1H3. The summed E-state index contributed by atoms with van der Waals surface area (Å²) in [5.41, 5.74) is 8.09. The molecular formula is C19H16ClNO2S. The molecule has 0 bridgehead atoms. The fourth-order valence-corrected chi connectivity index (χ4v) is 3.67. The highest BCUT2D eigenvalue weighted by Gasteiger charge is 2.13. The molecule has 3 aromatic carbocycles. The van der Waals surface area contributed by atoms with Crippen molar-refractivity contribution in [2.45, 2.75) is 9.79 Å². The van der Waals surface area contributed by atoms with Crippen molar-refractivity contribution in [3.8, 4) is 16.9 Å². The van der Waals surface area contributed by atoms with Crippen molar-refractivity contribution in [3.63, 3.8) is 0 Å². The van der Waals surface area contributed by atoms with Crippen LogP contribution in [0, 0.1) is 0 Å². The molecule has 1 atom stereocenters. The molecule has 3 aromatic rings. The van der Waals surface area contributed by atoms with Gasteiger partial charge in [0.25, 0.3) is 0 Å². The van der Waals surface area contributed by atoms with Crippen molar-refractivity contribution in [1.82, 2.24) is 0 Å². The SMILES string of the molecule is COc1ccc(S(=O)c2ccc(N)cc2)cc1-c1cccc(Cl)c1. The maximum atomic E-state index is 12.8. The summed E-state index contributed by atoms with van der Waals surface area (Å²) < 4.78 is 18.2. The number of methoxy groups -OCH3 is 1.